The Kier molecular flexibility index (Phi) is 3.76. The number of nitrogens with zero attached hydrogens (tertiary/aromatic N) is 1. The number of carboxylic acid groups (broad SMARTS) is 1. The van der Waals surface area contributed by atoms with Crippen LogP contribution in [-0.2, 0) is 9.53 Å². The highest BCUT2D eigenvalue weighted by Crippen LogP contribution is 2.24. The maximum absolute atomic E-state index is 11.5. The van der Waals surface area contributed by atoms with Crippen LogP contribution >= 0.6 is 0 Å². The highest BCUT2D eigenvalue weighted by molar-refractivity contribution is 5.75. The number of morpholine rings is 1. The first-order valence-electron chi connectivity index (χ1n) is 5.81. The molecule has 1 N–H and O–H groups in total. The van der Waals surface area contributed by atoms with E-state index in [4.69, 9.17) is 4.74 Å². The number of hydrogen-bond acceptors (Lipinski definition) is 3. The molecule has 0 aliphatic carbocycles. The van der Waals surface area contributed by atoms with Crippen molar-refractivity contribution in [2.75, 3.05) is 19.8 Å². The summed E-state index contributed by atoms with van der Waals surface area (Å²) < 4.78 is 5.34. The number of ether oxygens (including phenoxy) is 1. The van der Waals surface area contributed by atoms with Crippen LogP contribution < -0.4 is 0 Å². The number of carbonyl (C=O) groups is 1. The maximum atomic E-state index is 11.5. The molecule has 1 saturated heterocycles. The molecule has 0 saturated carbocycles. The van der Waals surface area contributed by atoms with Gasteiger partial charge in [0.2, 0.25) is 0 Å². The molecule has 1 fully saturated rings. The van der Waals surface area contributed by atoms with Crippen LogP contribution in [0.3, 0.4) is 0 Å². The molecule has 17 heavy (non-hydrogen) atoms. The van der Waals surface area contributed by atoms with Crippen LogP contribution in [0, 0.1) is 0 Å². The molecule has 0 radical (unpaired) electrons. The Morgan fingerprint density at radius 3 is 2.76 bits per heavy atom. The summed E-state index contributed by atoms with van der Waals surface area (Å²) in [6.45, 7) is 3.85. The molecule has 0 bridgehead atoms. The van der Waals surface area contributed by atoms with E-state index in [1.807, 2.05) is 42.2 Å². The molecule has 1 aromatic carbocycles. The molecule has 1 aliphatic rings. The van der Waals surface area contributed by atoms with E-state index >= 15 is 0 Å². The van der Waals surface area contributed by atoms with Gasteiger partial charge in [-0.2, -0.15) is 0 Å². The smallest absolute Gasteiger partial charge is 0.325 e. The Labute approximate surface area is 101 Å². The molecule has 2 unspecified atom stereocenters. The molecular weight excluding hydrogens is 218 g/mol. The highest BCUT2D eigenvalue weighted by atomic mass is 16.5. The van der Waals surface area contributed by atoms with Crippen molar-refractivity contribution in [3.8, 4) is 0 Å². The SMILES string of the molecule is CC1COCCN1C(C(=O)O)c1ccccc1. The summed E-state index contributed by atoms with van der Waals surface area (Å²) >= 11 is 0. The summed E-state index contributed by atoms with van der Waals surface area (Å²) in [7, 11) is 0. The molecule has 1 heterocycles. The van der Waals surface area contributed by atoms with Gasteiger partial charge in [-0.1, -0.05) is 30.3 Å². The maximum Gasteiger partial charge on any atom is 0.325 e. The van der Waals surface area contributed by atoms with Gasteiger partial charge in [0.1, 0.15) is 6.04 Å². The summed E-state index contributed by atoms with van der Waals surface area (Å²) in [5.74, 6) is -0.801. The zero-order valence-corrected chi connectivity index (χ0v) is 9.87. The van der Waals surface area contributed by atoms with Crippen molar-refractivity contribution >= 4 is 5.97 Å². The number of rotatable bonds is 3. The van der Waals surface area contributed by atoms with Crippen molar-refractivity contribution in [3.05, 3.63) is 35.9 Å². The normalized spacial score (nSPS) is 23.2. The minimum Gasteiger partial charge on any atom is -0.480 e. The zero-order valence-electron chi connectivity index (χ0n) is 9.87. The summed E-state index contributed by atoms with van der Waals surface area (Å²) in [6.07, 6.45) is 0. The second-order valence-electron chi connectivity index (χ2n) is 4.31. The van der Waals surface area contributed by atoms with E-state index in [2.05, 4.69) is 0 Å². The number of aliphatic carboxylic acids is 1. The molecule has 4 heteroatoms. The lowest BCUT2D eigenvalue weighted by molar-refractivity contribution is -0.147. The molecule has 2 atom stereocenters. The van der Waals surface area contributed by atoms with Gasteiger partial charge < -0.3 is 9.84 Å². The molecule has 92 valence electrons. The Balaban J connectivity index is 2.26. The summed E-state index contributed by atoms with van der Waals surface area (Å²) in [6, 6.07) is 8.92. The first-order valence-corrected chi connectivity index (χ1v) is 5.81. The minimum absolute atomic E-state index is 0.130. The number of benzene rings is 1. The molecule has 0 aromatic heterocycles. The third-order valence-corrected chi connectivity index (χ3v) is 3.10. The summed E-state index contributed by atoms with van der Waals surface area (Å²) in [4.78, 5) is 13.4. The predicted molar refractivity (Wildman–Crippen MR) is 63.8 cm³/mol. The molecule has 2 rings (SSSR count). The van der Waals surface area contributed by atoms with Gasteiger partial charge >= 0.3 is 5.97 Å². The molecule has 0 spiro atoms. The van der Waals surface area contributed by atoms with Crippen molar-refractivity contribution in [1.82, 2.24) is 4.90 Å². The first kappa shape index (κ1) is 12.1. The second-order valence-corrected chi connectivity index (χ2v) is 4.31. The molecule has 4 nitrogen and oxygen atoms in total. The molecule has 0 amide bonds. The van der Waals surface area contributed by atoms with E-state index in [9.17, 15) is 9.90 Å². The van der Waals surface area contributed by atoms with Gasteiger partial charge in [0.25, 0.3) is 0 Å². The van der Waals surface area contributed by atoms with Crippen LogP contribution in [0.1, 0.15) is 18.5 Å². The lowest BCUT2D eigenvalue weighted by Gasteiger charge is -2.37. The predicted octanol–water partition coefficient (Wildman–Crippen LogP) is 1.53. The highest BCUT2D eigenvalue weighted by Gasteiger charge is 2.32. The minimum atomic E-state index is -0.801. The van der Waals surface area contributed by atoms with Gasteiger partial charge in [0.15, 0.2) is 0 Å². The van der Waals surface area contributed by atoms with Crippen molar-refractivity contribution in [2.24, 2.45) is 0 Å². The summed E-state index contributed by atoms with van der Waals surface area (Å²) in [5.41, 5.74) is 0.828. The van der Waals surface area contributed by atoms with Crippen molar-refractivity contribution in [2.45, 2.75) is 19.0 Å². The van der Waals surface area contributed by atoms with E-state index in [0.717, 1.165) is 5.56 Å². The van der Waals surface area contributed by atoms with Crippen LogP contribution in [0.2, 0.25) is 0 Å². The van der Waals surface area contributed by atoms with E-state index in [0.29, 0.717) is 19.8 Å². The average molecular weight is 235 g/mol. The fourth-order valence-corrected chi connectivity index (χ4v) is 2.23. The second kappa shape index (κ2) is 5.29. The molecular formula is C13H17NO3. The third kappa shape index (κ3) is 2.65. The van der Waals surface area contributed by atoms with Gasteiger partial charge in [-0.15, -0.1) is 0 Å². The van der Waals surface area contributed by atoms with Crippen molar-refractivity contribution < 1.29 is 14.6 Å². The van der Waals surface area contributed by atoms with Gasteiger partial charge in [-0.3, -0.25) is 9.69 Å². The standard InChI is InChI=1S/C13H17NO3/c1-10-9-17-8-7-14(10)12(13(15)16)11-5-3-2-4-6-11/h2-6,10,12H,7-9H2,1H3,(H,15,16). The van der Waals surface area contributed by atoms with Crippen LogP contribution in [0.5, 0.6) is 0 Å². The van der Waals surface area contributed by atoms with Crippen molar-refractivity contribution in [3.63, 3.8) is 0 Å². The topological polar surface area (TPSA) is 49.8 Å². The molecule has 1 aromatic rings. The zero-order chi connectivity index (χ0) is 12.3. The van der Waals surface area contributed by atoms with Gasteiger partial charge in [0, 0.05) is 12.6 Å². The van der Waals surface area contributed by atoms with Gasteiger partial charge in [-0.25, -0.2) is 0 Å². The molecule has 1 aliphatic heterocycles. The van der Waals surface area contributed by atoms with Crippen LogP contribution in [0.25, 0.3) is 0 Å². The Morgan fingerprint density at radius 2 is 2.18 bits per heavy atom. The van der Waals surface area contributed by atoms with Gasteiger partial charge in [0.05, 0.1) is 13.2 Å². The Morgan fingerprint density at radius 1 is 1.47 bits per heavy atom. The average Bonchev–Trinajstić information content (AvgIpc) is 2.33. The van der Waals surface area contributed by atoms with Crippen LogP contribution in [0.4, 0.5) is 0 Å². The van der Waals surface area contributed by atoms with E-state index < -0.39 is 12.0 Å². The Bertz CT molecular complexity index is 380. The van der Waals surface area contributed by atoms with Crippen LogP contribution in [0.15, 0.2) is 30.3 Å². The third-order valence-electron chi connectivity index (χ3n) is 3.10. The fourth-order valence-electron chi connectivity index (χ4n) is 2.23. The lowest BCUT2D eigenvalue weighted by atomic mass is 10.0. The van der Waals surface area contributed by atoms with E-state index in [1.54, 1.807) is 0 Å². The van der Waals surface area contributed by atoms with Crippen LogP contribution in [-0.4, -0.2) is 41.8 Å². The number of hydrogen-bond donors (Lipinski definition) is 1. The first-order chi connectivity index (χ1) is 8.20. The Hall–Kier alpha value is -1.39. The van der Waals surface area contributed by atoms with E-state index in [-0.39, 0.29) is 6.04 Å². The quantitative estimate of drug-likeness (QED) is 0.863. The number of carboxylic acids is 1. The van der Waals surface area contributed by atoms with Gasteiger partial charge in [-0.05, 0) is 12.5 Å². The fraction of sp³-hybridized carbons (Fsp3) is 0.462. The summed E-state index contributed by atoms with van der Waals surface area (Å²) in [5, 5.41) is 9.41. The van der Waals surface area contributed by atoms with Crippen molar-refractivity contribution in [1.29, 1.82) is 0 Å². The van der Waals surface area contributed by atoms with E-state index in [1.165, 1.54) is 0 Å². The largest absolute Gasteiger partial charge is 0.480 e. The monoisotopic (exact) mass is 235 g/mol. The lowest BCUT2D eigenvalue weighted by Crippen LogP contribution is -2.47.